The van der Waals surface area contributed by atoms with Gasteiger partial charge in [-0.25, -0.2) is 4.79 Å². The highest BCUT2D eigenvalue weighted by Crippen LogP contribution is 2.27. The fourth-order valence-corrected chi connectivity index (χ4v) is 5.03. The predicted octanol–water partition coefficient (Wildman–Crippen LogP) is 5.64. The number of hydrogen-bond donors (Lipinski definition) is 2. The molecule has 1 aliphatic rings. The van der Waals surface area contributed by atoms with E-state index < -0.39 is 23.8 Å². The average Bonchev–Trinajstić information content (AvgIpc) is 2.89. The fourth-order valence-electron chi connectivity index (χ4n) is 5.03. The second-order valence-corrected chi connectivity index (χ2v) is 11.3. The lowest BCUT2D eigenvalue weighted by molar-refractivity contribution is -0.142. The molecule has 1 fully saturated rings. The smallest absolute Gasteiger partial charge is 0.408 e. The highest BCUT2D eigenvalue weighted by Gasteiger charge is 2.37. The lowest BCUT2D eigenvalue weighted by atomic mass is 9.93. The fraction of sp³-hybridized carbons (Fsp3) is 0.469. The molecule has 2 aromatic carbocycles. The van der Waals surface area contributed by atoms with Gasteiger partial charge in [-0.15, -0.1) is 6.58 Å². The van der Waals surface area contributed by atoms with Gasteiger partial charge in [-0.3, -0.25) is 9.59 Å². The summed E-state index contributed by atoms with van der Waals surface area (Å²) in [4.78, 5) is 42.6. The van der Waals surface area contributed by atoms with E-state index in [0.29, 0.717) is 0 Å². The molecule has 0 spiro atoms. The molecule has 3 amide bonds. The highest BCUT2D eigenvalue weighted by molar-refractivity contribution is 5.92. The highest BCUT2D eigenvalue weighted by atomic mass is 16.6. The second kappa shape index (κ2) is 14.0. The maximum atomic E-state index is 14.3. The van der Waals surface area contributed by atoms with Crippen molar-refractivity contribution in [3.8, 4) is 0 Å². The third-order valence-electron chi connectivity index (χ3n) is 6.88. The molecule has 1 aliphatic carbocycles. The summed E-state index contributed by atoms with van der Waals surface area (Å²) in [7, 11) is 0. The minimum Gasteiger partial charge on any atom is -0.444 e. The van der Waals surface area contributed by atoms with Gasteiger partial charge in [0.05, 0.1) is 0 Å². The van der Waals surface area contributed by atoms with Crippen LogP contribution in [0.2, 0.25) is 0 Å². The number of carbonyl (C=O) groups is 3. The number of nitrogens with one attached hydrogen (secondary N) is 2. The zero-order valence-corrected chi connectivity index (χ0v) is 23.7. The van der Waals surface area contributed by atoms with Gasteiger partial charge in [-0.05, 0) is 57.2 Å². The van der Waals surface area contributed by atoms with Crippen LogP contribution in [0.5, 0.6) is 0 Å². The van der Waals surface area contributed by atoms with E-state index in [1.54, 1.807) is 26.8 Å². The molecular formula is C32H43N3O4. The number of alkyl carbamates (subject to hydrolysis) is 1. The van der Waals surface area contributed by atoms with Crippen molar-refractivity contribution < 1.29 is 19.1 Å². The van der Waals surface area contributed by atoms with Crippen LogP contribution in [0.1, 0.15) is 75.6 Å². The number of carbonyl (C=O) groups excluding carboxylic acids is 3. The van der Waals surface area contributed by atoms with Gasteiger partial charge >= 0.3 is 6.09 Å². The first-order chi connectivity index (χ1) is 18.6. The Labute approximate surface area is 233 Å². The molecule has 3 rings (SSSR count). The van der Waals surface area contributed by atoms with Crippen molar-refractivity contribution in [2.45, 2.75) is 89.9 Å². The third-order valence-corrected chi connectivity index (χ3v) is 6.88. The van der Waals surface area contributed by atoms with Gasteiger partial charge in [0.1, 0.15) is 17.7 Å². The Bertz CT molecular complexity index is 1120. The van der Waals surface area contributed by atoms with Gasteiger partial charge in [0.2, 0.25) is 11.8 Å². The van der Waals surface area contributed by atoms with Crippen molar-refractivity contribution in [1.82, 2.24) is 15.5 Å². The van der Waals surface area contributed by atoms with Gasteiger partial charge in [-0.1, -0.05) is 79.9 Å². The van der Waals surface area contributed by atoms with E-state index >= 15 is 0 Å². The number of benzene rings is 2. The molecule has 0 bridgehead atoms. The Morgan fingerprint density at radius 3 is 2.28 bits per heavy atom. The van der Waals surface area contributed by atoms with Gasteiger partial charge in [0.25, 0.3) is 0 Å². The molecule has 0 saturated heterocycles. The molecule has 2 aromatic rings. The second-order valence-electron chi connectivity index (χ2n) is 11.3. The summed E-state index contributed by atoms with van der Waals surface area (Å²) in [5.41, 5.74) is 1.80. The molecule has 210 valence electrons. The normalized spacial score (nSPS) is 15.5. The van der Waals surface area contributed by atoms with Crippen LogP contribution in [0.15, 0.2) is 67.3 Å². The Morgan fingerprint density at radius 2 is 1.67 bits per heavy atom. The van der Waals surface area contributed by atoms with Gasteiger partial charge in [0, 0.05) is 19.0 Å². The predicted molar refractivity (Wildman–Crippen MR) is 154 cm³/mol. The first-order valence-electron chi connectivity index (χ1n) is 13.9. The van der Waals surface area contributed by atoms with Crippen LogP contribution in [0.4, 0.5) is 4.79 Å². The van der Waals surface area contributed by atoms with Gasteiger partial charge in [0.15, 0.2) is 0 Å². The molecule has 0 aromatic heterocycles. The summed E-state index contributed by atoms with van der Waals surface area (Å²) >= 11 is 0. The van der Waals surface area contributed by atoms with E-state index in [-0.39, 0.29) is 30.8 Å². The standard InChI is InChI=1S/C32H43N3O4/c1-6-21-35(28(26-20-14-13-15-23(26)2)29(36)33-25-18-11-8-12-19-25)30(37)27(22-24-16-9-7-10-17-24)34-31(38)39-32(3,4)5/h6-7,9-10,13-17,20,25,27-28H,1,8,11-12,18-19,21-22H2,2-5H3,(H,33,36)(H,34,38). The summed E-state index contributed by atoms with van der Waals surface area (Å²) in [5, 5.41) is 6.00. The molecule has 2 N–H and O–H groups in total. The molecule has 1 saturated carbocycles. The Kier molecular flexibility index (Phi) is 10.7. The number of hydrogen-bond acceptors (Lipinski definition) is 4. The van der Waals surface area contributed by atoms with Crippen LogP contribution in [-0.4, -0.2) is 47.0 Å². The van der Waals surface area contributed by atoms with Crippen LogP contribution in [-0.2, 0) is 20.7 Å². The largest absolute Gasteiger partial charge is 0.444 e. The monoisotopic (exact) mass is 533 g/mol. The molecule has 0 aliphatic heterocycles. The van der Waals surface area contributed by atoms with E-state index in [0.717, 1.165) is 42.4 Å². The number of aryl methyl sites for hydroxylation is 1. The summed E-state index contributed by atoms with van der Waals surface area (Å²) in [6, 6.07) is 15.4. The third kappa shape index (κ3) is 8.98. The Balaban J connectivity index is 1.99. The lowest BCUT2D eigenvalue weighted by Gasteiger charge is -2.35. The van der Waals surface area contributed by atoms with Gasteiger partial charge in [-0.2, -0.15) is 0 Å². The molecule has 2 unspecified atom stereocenters. The van der Waals surface area contributed by atoms with Crippen molar-refractivity contribution in [3.05, 3.63) is 83.9 Å². The van der Waals surface area contributed by atoms with E-state index in [4.69, 9.17) is 4.74 Å². The van der Waals surface area contributed by atoms with Crippen molar-refractivity contribution in [2.75, 3.05) is 6.54 Å². The van der Waals surface area contributed by atoms with Crippen LogP contribution in [0.3, 0.4) is 0 Å². The van der Waals surface area contributed by atoms with E-state index in [1.165, 1.54) is 11.3 Å². The average molecular weight is 534 g/mol. The van der Waals surface area contributed by atoms with Crippen LogP contribution >= 0.6 is 0 Å². The summed E-state index contributed by atoms with van der Waals surface area (Å²) in [6.45, 7) is 11.3. The molecule has 39 heavy (non-hydrogen) atoms. The maximum Gasteiger partial charge on any atom is 0.408 e. The Morgan fingerprint density at radius 1 is 1.03 bits per heavy atom. The van der Waals surface area contributed by atoms with E-state index in [2.05, 4.69) is 17.2 Å². The zero-order valence-electron chi connectivity index (χ0n) is 23.7. The molecule has 2 atom stereocenters. The minimum absolute atomic E-state index is 0.0819. The summed E-state index contributed by atoms with van der Waals surface area (Å²) < 4.78 is 5.49. The number of rotatable bonds is 10. The van der Waals surface area contributed by atoms with Crippen LogP contribution in [0.25, 0.3) is 0 Å². The van der Waals surface area contributed by atoms with E-state index in [1.807, 2.05) is 61.5 Å². The first-order valence-corrected chi connectivity index (χ1v) is 13.9. The maximum absolute atomic E-state index is 14.3. The molecular weight excluding hydrogens is 490 g/mol. The summed E-state index contributed by atoms with van der Waals surface area (Å²) in [6.07, 6.45) is 6.36. The van der Waals surface area contributed by atoms with Gasteiger partial charge < -0.3 is 20.3 Å². The molecule has 7 heteroatoms. The van der Waals surface area contributed by atoms with Crippen LogP contribution in [0, 0.1) is 6.92 Å². The number of nitrogens with zero attached hydrogens (tertiary/aromatic N) is 1. The molecule has 0 radical (unpaired) electrons. The topological polar surface area (TPSA) is 87.7 Å². The van der Waals surface area contributed by atoms with Crippen LogP contribution < -0.4 is 10.6 Å². The Hall–Kier alpha value is -3.61. The SMILES string of the molecule is C=CCN(C(=O)C(Cc1ccccc1)NC(=O)OC(C)(C)C)C(C(=O)NC1CCCCC1)c1ccccc1C. The number of ether oxygens (including phenoxy) is 1. The quantitative estimate of drug-likeness (QED) is 0.387. The van der Waals surface area contributed by atoms with E-state index in [9.17, 15) is 14.4 Å². The van der Waals surface area contributed by atoms with Crippen molar-refractivity contribution in [3.63, 3.8) is 0 Å². The van der Waals surface area contributed by atoms with Crippen molar-refractivity contribution in [1.29, 1.82) is 0 Å². The van der Waals surface area contributed by atoms with Crippen molar-refractivity contribution in [2.24, 2.45) is 0 Å². The summed E-state index contributed by atoms with van der Waals surface area (Å²) in [5.74, 6) is -0.598. The molecule has 0 heterocycles. The zero-order chi connectivity index (χ0) is 28.4. The first kappa shape index (κ1) is 29.9. The lowest BCUT2D eigenvalue weighted by Crippen LogP contribution is -2.54. The number of amides is 3. The minimum atomic E-state index is -0.948. The molecule has 7 nitrogen and oxygen atoms in total. The van der Waals surface area contributed by atoms with Crippen molar-refractivity contribution >= 4 is 17.9 Å².